The van der Waals surface area contributed by atoms with Crippen LogP contribution in [-0.4, -0.2) is 5.16 Å². The summed E-state index contributed by atoms with van der Waals surface area (Å²) in [6, 6.07) is 12.0. The lowest BCUT2D eigenvalue weighted by Crippen LogP contribution is -1.67. The Bertz CT molecular complexity index is 553. The van der Waals surface area contributed by atoms with Gasteiger partial charge in [0, 0.05) is 0 Å². The van der Waals surface area contributed by atoms with E-state index in [1.54, 1.807) is 11.3 Å². The summed E-state index contributed by atoms with van der Waals surface area (Å²) in [5.41, 5.74) is 0.913. The molecule has 1 aromatic carbocycles. The maximum Gasteiger partial charge on any atom is 0.184 e. The molecule has 3 aromatic rings. The molecule has 0 spiro atoms. The number of thiophene rings is 1. The van der Waals surface area contributed by atoms with E-state index in [2.05, 4.69) is 5.16 Å². The van der Waals surface area contributed by atoms with Gasteiger partial charge < -0.3 is 4.52 Å². The zero-order valence-electron chi connectivity index (χ0n) is 7.31. The second-order valence-corrected chi connectivity index (χ2v) is 3.95. The highest BCUT2D eigenvalue weighted by Gasteiger charge is 2.09. The van der Waals surface area contributed by atoms with E-state index >= 15 is 0 Å². The number of hydrogen-bond acceptors (Lipinski definition) is 3. The molecule has 2 nitrogen and oxygen atoms in total. The molecule has 0 N–H and O–H groups in total. The first-order chi connectivity index (χ1) is 6.95. The third-order valence-corrected chi connectivity index (χ3v) is 3.00. The van der Waals surface area contributed by atoms with E-state index in [4.69, 9.17) is 4.52 Å². The van der Waals surface area contributed by atoms with Crippen LogP contribution in [0.2, 0.25) is 0 Å². The van der Waals surface area contributed by atoms with Gasteiger partial charge in [-0.2, -0.15) is 0 Å². The van der Waals surface area contributed by atoms with E-state index in [0.29, 0.717) is 0 Å². The summed E-state index contributed by atoms with van der Waals surface area (Å²) in [4.78, 5) is 1.12. The number of fused-ring (bicyclic) bond motifs is 1. The van der Waals surface area contributed by atoms with E-state index in [0.717, 1.165) is 21.5 Å². The Labute approximate surface area is 84.8 Å². The fraction of sp³-hybridized carbons (Fsp3) is 0. The van der Waals surface area contributed by atoms with Crippen molar-refractivity contribution in [2.24, 2.45) is 0 Å². The Hall–Kier alpha value is -1.61. The van der Waals surface area contributed by atoms with Gasteiger partial charge >= 0.3 is 0 Å². The summed E-state index contributed by atoms with van der Waals surface area (Å²) in [5, 5.41) is 7.12. The average molecular weight is 201 g/mol. The first-order valence-corrected chi connectivity index (χ1v) is 5.21. The second kappa shape index (κ2) is 2.96. The Balaban J connectivity index is 2.33. The summed E-state index contributed by atoms with van der Waals surface area (Å²) in [6.45, 7) is 0. The fourth-order valence-electron chi connectivity index (χ4n) is 1.47. The number of aromatic nitrogens is 1. The monoisotopic (exact) mass is 201 g/mol. The van der Waals surface area contributed by atoms with Crippen molar-refractivity contribution >= 4 is 22.2 Å². The fourth-order valence-corrected chi connectivity index (χ4v) is 2.19. The number of hydrogen-bond donors (Lipinski definition) is 0. The standard InChI is InChI=1S/C11H7NOS/c1-2-5-9-8(4-1)11(13-12-9)10-6-3-7-14-10/h1-7H. The average Bonchev–Trinajstić information content (AvgIpc) is 2.85. The van der Waals surface area contributed by atoms with Crippen LogP contribution in [0, 0.1) is 0 Å². The lowest BCUT2D eigenvalue weighted by atomic mass is 10.2. The minimum Gasteiger partial charge on any atom is -0.354 e. The van der Waals surface area contributed by atoms with Gasteiger partial charge in [0.1, 0.15) is 5.52 Å². The summed E-state index contributed by atoms with van der Waals surface area (Å²) < 4.78 is 5.32. The molecule has 0 atom stereocenters. The second-order valence-electron chi connectivity index (χ2n) is 3.01. The third-order valence-electron chi connectivity index (χ3n) is 2.13. The zero-order chi connectivity index (χ0) is 9.38. The lowest BCUT2D eigenvalue weighted by Gasteiger charge is -1.89. The van der Waals surface area contributed by atoms with Crippen LogP contribution in [0.1, 0.15) is 0 Å². The maximum absolute atomic E-state index is 5.32. The topological polar surface area (TPSA) is 26.0 Å². The van der Waals surface area contributed by atoms with Crippen molar-refractivity contribution in [1.29, 1.82) is 0 Å². The van der Waals surface area contributed by atoms with Crippen LogP contribution < -0.4 is 0 Å². The van der Waals surface area contributed by atoms with Crippen LogP contribution in [0.3, 0.4) is 0 Å². The molecule has 0 fully saturated rings. The van der Waals surface area contributed by atoms with Crippen molar-refractivity contribution in [2.45, 2.75) is 0 Å². The smallest absolute Gasteiger partial charge is 0.184 e. The highest BCUT2D eigenvalue weighted by molar-refractivity contribution is 7.13. The molecule has 3 rings (SSSR count). The van der Waals surface area contributed by atoms with Crippen molar-refractivity contribution in [2.75, 3.05) is 0 Å². The maximum atomic E-state index is 5.32. The molecule has 0 aliphatic rings. The van der Waals surface area contributed by atoms with Crippen molar-refractivity contribution in [3.8, 4) is 10.6 Å². The van der Waals surface area contributed by atoms with Crippen LogP contribution in [0.25, 0.3) is 21.5 Å². The molecule has 0 saturated heterocycles. The Morgan fingerprint density at radius 3 is 2.86 bits per heavy atom. The van der Waals surface area contributed by atoms with Crippen LogP contribution >= 0.6 is 11.3 Å². The van der Waals surface area contributed by atoms with Crippen molar-refractivity contribution < 1.29 is 4.52 Å². The molecule has 0 unspecified atom stereocenters. The predicted octanol–water partition coefficient (Wildman–Crippen LogP) is 3.56. The van der Waals surface area contributed by atoms with Crippen molar-refractivity contribution in [1.82, 2.24) is 5.16 Å². The van der Waals surface area contributed by atoms with Crippen molar-refractivity contribution in [3.05, 3.63) is 41.8 Å². The molecule has 0 amide bonds. The number of benzene rings is 1. The largest absolute Gasteiger partial charge is 0.354 e. The molecular formula is C11H7NOS. The van der Waals surface area contributed by atoms with Gasteiger partial charge in [-0.15, -0.1) is 11.3 Å². The lowest BCUT2D eigenvalue weighted by molar-refractivity contribution is 0.442. The molecular weight excluding hydrogens is 194 g/mol. The Kier molecular flexibility index (Phi) is 1.64. The molecule has 2 heterocycles. The Morgan fingerprint density at radius 1 is 1.07 bits per heavy atom. The van der Waals surface area contributed by atoms with Gasteiger partial charge in [-0.1, -0.05) is 23.4 Å². The van der Waals surface area contributed by atoms with Gasteiger partial charge in [0.15, 0.2) is 5.76 Å². The van der Waals surface area contributed by atoms with Crippen LogP contribution in [-0.2, 0) is 0 Å². The van der Waals surface area contributed by atoms with E-state index in [-0.39, 0.29) is 0 Å². The van der Waals surface area contributed by atoms with Crippen molar-refractivity contribution in [3.63, 3.8) is 0 Å². The van der Waals surface area contributed by atoms with Crippen LogP contribution in [0.4, 0.5) is 0 Å². The van der Waals surface area contributed by atoms with Gasteiger partial charge in [-0.05, 0) is 23.6 Å². The summed E-state index contributed by atoms with van der Waals surface area (Å²) in [5.74, 6) is 0.871. The van der Waals surface area contributed by atoms with Gasteiger partial charge in [0.05, 0.1) is 10.3 Å². The predicted molar refractivity (Wildman–Crippen MR) is 57.3 cm³/mol. The summed E-state index contributed by atoms with van der Waals surface area (Å²) in [7, 11) is 0. The molecule has 0 aliphatic heterocycles. The molecule has 68 valence electrons. The SMILES string of the molecule is c1csc(-c2onc3ccccc23)c1. The highest BCUT2D eigenvalue weighted by atomic mass is 32.1. The first-order valence-electron chi connectivity index (χ1n) is 4.33. The highest BCUT2D eigenvalue weighted by Crippen LogP contribution is 2.31. The normalized spacial score (nSPS) is 10.9. The van der Waals surface area contributed by atoms with E-state index in [1.165, 1.54) is 0 Å². The Morgan fingerprint density at radius 2 is 2.00 bits per heavy atom. The van der Waals surface area contributed by atoms with E-state index < -0.39 is 0 Å². The van der Waals surface area contributed by atoms with Gasteiger partial charge in [-0.25, -0.2) is 0 Å². The molecule has 2 aromatic heterocycles. The molecule has 0 aliphatic carbocycles. The van der Waals surface area contributed by atoms with Gasteiger partial charge in [0.25, 0.3) is 0 Å². The van der Waals surface area contributed by atoms with Crippen LogP contribution in [0.15, 0.2) is 46.3 Å². The number of rotatable bonds is 1. The molecule has 3 heteroatoms. The molecule has 0 bridgehead atoms. The van der Waals surface area contributed by atoms with Crippen LogP contribution in [0.5, 0.6) is 0 Å². The minimum absolute atomic E-state index is 0.871. The number of nitrogens with zero attached hydrogens (tertiary/aromatic N) is 1. The van der Waals surface area contributed by atoms with E-state index in [1.807, 2.05) is 41.8 Å². The summed E-state index contributed by atoms with van der Waals surface area (Å²) >= 11 is 1.66. The van der Waals surface area contributed by atoms with E-state index in [9.17, 15) is 0 Å². The zero-order valence-corrected chi connectivity index (χ0v) is 8.12. The minimum atomic E-state index is 0.871. The van der Waals surface area contributed by atoms with Gasteiger partial charge in [0.2, 0.25) is 0 Å². The summed E-state index contributed by atoms with van der Waals surface area (Å²) in [6.07, 6.45) is 0. The molecule has 0 saturated carbocycles. The molecule has 14 heavy (non-hydrogen) atoms. The van der Waals surface area contributed by atoms with Gasteiger partial charge in [-0.3, -0.25) is 0 Å². The quantitative estimate of drug-likeness (QED) is 0.601. The first kappa shape index (κ1) is 7.76. The molecule has 0 radical (unpaired) electrons. The third kappa shape index (κ3) is 1.06.